The van der Waals surface area contributed by atoms with E-state index in [4.69, 9.17) is 9.26 Å². The highest BCUT2D eigenvalue weighted by Gasteiger charge is 2.37. The summed E-state index contributed by atoms with van der Waals surface area (Å²) in [6.07, 6.45) is 2.00. The van der Waals surface area contributed by atoms with Gasteiger partial charge in [0.15, 0.2) is 0 Å². The molecule has 0 spiro atoms. The molecule has 1 N–H and O–H groups in total. The van der Waals surface area contributed by atoms with Crippen LogP contribution in [-0.4, -0.2) is 45.4 Å². The van der Waals surface area contributed by atoms with Crippen LogP contribution in [-0.2, 0) is 11.8 Å². The largest absolute Gasteiger partial charge is 0.481 e. The Hall–Kier alpha value is -2.35. The van der Waals surface area contributed by atoms with Crippen LogP contribution in [0.1, 0.15) is 42.8 Å². The van der Waals surface area contributed by atoms with Crippen molar-refractivity contribution >= 4 is 11.8 Å². The monoisotopic (exact) mass is 347 g/mol. The molecule has 0 bridgehead atoms. The van der Waals surface area contributed by atoms with Crippen LogP contribution in [0.15, 0.2) is 10.6 Å². The number of nitrogens with zero attached hydrogens (tertiary/aromatic N) is 4. The van der Waals surface area contributed by atoms with Crippen LogP contribution in [0.25, 0.3) is 0 Å². The highest BCUT2D eigenvalue weighted by molar-refractivity contribution is 5.93. The molecule has 0 aliphatic carbocycles. The van der Waals surface area contributed by atoms with Crippen LogP contribution < -0.4 is 10.1 Å². The third kappa shape index (κ3) is 3.26. The molecular weight excluding hydrogens is 322 g/mol. The van der Waals surface area contributed by atoms with E-state index in [0.29, 0.717) is 5.88 Å². The van der Waals surface area contributed by atoms with E-state index in [9.17, 15) is 4.79 Å². The van der Waals surface area contributed by atoms with E-state index in [1.165, 1.54) is 0 Å². The van der Waals surface area contributed by atoms with Crippen molar-refractivity contribution in [2.24, 2.45) is 7.05 Å². The zero-order valence-electron chi connectivity index (χ0n) is 15.4. The lowest BCUT2D eigenvalue weighted by molar-refractivity contribution is -0.121. The van der Waals surface area contributed by atoms with Gasteiger partial charge in [-0.2, -0.15) is 5.10 Å². The zero-order chi connectivity index (χ0) is 18.1. The minimum absolute atomic E-state index is 0.108. The van der Waals surface area contributed by atoms with Crippen molar-refractivity contribution < 1.29 is 14.1 Å². The van der Waals surface area contributed by atoms with Gasteiger partial charge in [0.05, 0.1) is 30.1 Å². The van der Waals surface area contributed by atoms with Crippen molar-refractivity contribution in [1.29, 1.82) is 0 Å². The van der Waals surface area contributed by atoms with Gasteiger partial charge in [-0.25, -0.2) is 4.68 Å². The number of aromatic nitrogens is 3. The Labute approximate surface area is 147 Å². The van der Waals surface area contributed by atoms with Crippen molar-refractivity contribution in [3.8, 4) is 5.88 Å². The molecule has 1 aliphatic heterocycles. The number of methoxy groups -OCH3 is 1. The van der Waals surface area contributed by atoms with E-state index >= 15 is 0 Å². The second-order valence-corrected chi connectivity index (χ2v) is 6.53. The average molecular weight is 347 g/mol. The fourth-order valence-corrected chi connectivity index (χ4v) is 3.64. The molecule has 8 heteroatoms. The number of hydrogen-bond acceptors (Lipinski definition) is 6. The van der Waals surface area contributed by atoms with Gasteiger partial charge in [0.25, 0.3) is 0 Å². The van der Waals surface area contributed by atoms with Gasteiger partial charge >= 0.3 is 0 Å². The van der Waals surface area contributed by atoms with Gasteiger partial charge < -0.3 is 9.26 Å². The second-order valence-electron chi connectivity index (χ2n) is 6.53. The van der Waals surface area contributed by atoms with Crippen LogP contribution in [0.4, 0.5) is 5.88 Å². The Morgan fingerprint density at radius 1 is 1.48 bits per heavy atom. The van der Waals surface area contributed by atoms with E-state index in [0.717, 1.165) is 42.2 Å². The van der Waals surface area contributed by atoms with Crippen LogP contribution in [0.2, 0.25) is 0 Å². The predicted octanol–water partition coefficient (Wildman–Crippen LogP) is 2.20. The Bertz CT molecular complexity index is 766. The Morgan fingerprint density at radius 3 is 2.88 bits per heavy atom. The number of rotatable bonds is 5. The number of carbonyl (C=O) groups is 1. The van der Waals surface area contributed by atoms with Gasteiger partial charge in [0.2, 0.25) is 17.7 Å². The van der Waals surface area contributed by atoms with Crippen molar-refractivity contribution in [3.63, 3.8) is 0 Å². The third-order valence-corrected chi connectivity index (χ3v) is 4.79. The summed E-state index contributed by atoms with van der Waals surface area (Å²) < 4.78 is 12.4. The van der Waals surface area contributed by atoms with Crippen molar-refractivity contribution in [2.45, 2.75) is 45.7 Å². The van der Waals surface area contributed by atoms with Crippen molar-refractivity contribution in [2.75, 3.05) is 19.0 Å². The third-order valence-electron chi connectivity index (χ3n) is 4.79. The van der Waals surface area contributed by atoms with Gasteiger partial charge in [-0.3, -0.25) is 15.0 Å². The van der Waals surface area contributed by atoms with Gasteiger partial charge in [0, 0.05) is 19.2 Å². The molecule has 0 saturated carbocycles. The summed E-state index contributed by atoms with van der Waals surface area (Å²) in [5, 5.41) is 11.1. The molecule has 0 radical (unpaired) electrons. The Balaban J connectivity index is 1.80. The molecule has 0 aromatic carbocycles. The normalized spacial score (nSPS) is 19.2. The number of carbonyl (C=O) groups excluding carboxylic acids is 1. The SMILES string of the molecule is COc1c(C2CCCN2C(C)C(=O)Nc2cc(C)no2)c(C)nn1C. The maximum atomic E-state index is 12.6. The quantitative estimate of drug-likeness (QED) is 0.892. The molecular formula is C17H25N5O3. The molecule has 136 valence electrons. The molecule has 1 aliphatic rings. The highest BCUT2D eigenvalue weighted by atomic mass is 16.5. The highest BCUT2D eigenvalue weighted by Crippen LogP contribution is 2.39. The molecule has 2 unspecified atom stereocenters. The Morgan fingerprint density at radius 2 is 2.24 bits per heavy atom. The van der Waals surface area contributed by atoms with E-state index in [2.05, 4.69) is 20.5 Å². The van der Waals surface area contributed by atoms with Gasteiger partial charge in [0.1, 0.15) is 0 Å². The summed E-state index contributed by atoms with van der Waals surface area (Å²) in [7, 11) is 3.53. The van der Waals surface area contributed by atoms with Crippen molar-refractivity contribution in [1.82, 2.24) is 19.8 Å². The van der Waals surface area contributed by atoms with E-state index in [1.54, 1.807) is 17.9 Å². The maximum absolute atomic E-state index is 12.6. The van der Waals surface area contributed by atoms with Crippen molar-refractivity contribution in [3.05, 3.63) is 23.0 Å². The number of ether oxygens (including phenoxy) is 1. The van der Waals surface area contributed by atoms with E-state index < -0.39 is 0 Å². The summed E-state index contributed by atoms with van der Waals surface area (Å²) in [6, 6.07) is 1.52. The maximum Gasteiger partial charge on any atom is 0.243 e. The first-order valence-electron chi connectivity index (χ1n) is 8.49. The molecule has 3 rings (SSSR count). The first-order valence-corrected chi connectivity index (χ1v) is 8.49. The lowest BCUT2D eigenvalue weighted by Gasteiger charge is -2.29. The lowest BCUT2D eigenvalue weighted by Crippen LogP contribution is -2.41. The van der Waals surface area contributed by atoms with E-state index in [-0.39, 0.29) is 18.0 Å². The molecule has 2 aromatic heterocycles. The smallest absolute Gasteiger partial charge is 0.243 e. The molecule has 8 nitrogen and oxygen atoms in total. The summed E-state index contributed by atoms with van der Waals surface area (Å²) in [6.45, 7) is 6.56. The number of anilines is 1. The summed E-state index contributed by atoms with van der Waals surface area (Å²) in [4.78, 5) is 14.8. The first-order chi connectivity index (χ1) is 11.9. The fourth-order valence-electron chi connectivity index (χ4n) is 3.64. The van der Waals surface area contributed by atoms with Crippen LogP contribution >= 0.6 is 0 Å². The molecule has 2 aromatic rings. The molecule has 3 heterocycles. The molecule has 1 fully saturated rings. The number of aryl methyl sites for hydroxylation is 3. The number of hydrogen-bond donors (Lipinski definition) is 1. The van der Waals surface area contributed by atoms with Gasteiger partial charge in [-0.1, -0.05) is 5.16 Å². The molecule has 1 amide bonds. The minimum atomic E-state index is -0.304. The van der Waals surface area contributed by atoms with Gasteiger partial charge in [-0.15, -0.1) is 0 Å². The summed E-state index contributed by atoms with van der Waals surface area (Å²) >= 11 is 0. The number of nitrogens with one attached hydrogen (secondary N) is 1. The zero-order valence-corrected chi connectivity index (χ0v) is 15.4. The first kappa shape index (κ1) is 17.5. The topological polar surface area (TPSA) is 85.4 Å². The van der Waals surface area contributed by atoms with Crippen LogP contribution in [0.5, 0.6) is 5.88 Å². The molecule has 2 atom stereocenters. The Kier molecular flexibility index (Phi) is 4.80. The molecule has 25 heavy (non-hydrogen) atoms. The standard InChI is InChI=1S/C17H25N5O3/c1-10-9-14(25-20-10)18-16(23)12(3)22-8-6-7-13(22)15-11(2)19-21(4)17(15)24-5/h9,12-13H,6-8H2,1-5H3,(H,18,23). The minimum Gasteiger partial charge on any atom is -0.481 e. The van der Waals surface area contributed by atoms with Crippen LogP contribution in [0.3, 0.4) is 0 Å². The van der Waals surface area contributed by atoms with Gasteiger partial charge in [-0.05, 0) is 40.2 Å². The predicted molar refractivity (Wildman–Crippen MR) is 92.5 cm³/mol. The second kappa shape index (κ2) is 6.87. The van der Waals surface area contributed by atoms with Crippen LogP contribution in [0, 0.1) is 13.8 Å². The number of likely N-dealkylation sites (tertiary alicyclic amines) is 1. The molecule has 1 saturated heterocycles. The lowest BCUT2D eigenvalue weighted by atomic mass is 10.0. The fraction of sp³-hybridized carbons (Fsp3) is 0.588. The van der Waals surface area contributed by atoms with E-state index in [1.807, 2.05) is 27.8 Å². The summed E-state index contributed by atoms with van der Waals surface area (Å²) in [5.41, 5.74) is 2.74. The average Bonchev–Trinajstić information content (AvgIpc) is 3.25. The number of amides is 1. The summed E-state index contributed by atoms with van der Waals surface area (Å²) in [5.74, 6) is 1.02.